The van der Waals surface area contributed by atoms with Crippen molar-refractivity contribution in [1.82, 2.24) is 9.88 Å². The average Bonchev–Trinajstić information content (AvgIpc) is 3.00. The van der Waals surface area contributed by atoms with Gasteiger partial charge in [-0.3, -0.25) is 4.90 Å². The molecule has 0 spiro atoms. The van der Waals surface area contributed by atoms with Crippen LogP contribution >= 0.6 is 0 Å². The number of fused-ring (bicyclic) bond motifs is 1. The Morgan fingerprint density at radius 1 is 1.00 bits per heavy atom. The summed E-state index contributed by atoms with van der Waals surface area (Å²) in [6.07, 6.45) is 0. The largest absolute Gasteiger partial charge is 0.423 e. The van der Waals surface area contributed by atoms with Crippen LogP contribution in [0.15, 0.2) is 52.9 Å². The normalized spacial score (nSPS) is 15.8. The maximum absolute atomic E-state index is 5.68. The molecule has 23 heavy (non-hydrogen) atoms. The van der Waals surface area contributed by atoms with E-state index in [2.05, 4.69) is 39.5 Å². The second kappa shape index (κ2) is 6.40. The van der Waals surface area contributed by atoms with Crippen molar-refractivity contribution in [3.05, 3.63) is 54.1 Å². The number of anilines is 2. The summed E-state index contributed by atoms with van der Waals surface area (Å²) in [7, 11) is 0. The fourth-order valence-corrected chi connectivity index (χ4v) is 2.76. The summed E-state index contributed by atoms with van der Waals surface area (Å²) in [5, 5.41) is 3.21. The van der Waals surface area contributed by atoms with Crippen molar-refractivity contribution < 1.29 is 9.15 Å². The predicted octanol–water partition coefficient (Wildman–Crippen LogP) is 3.40. The van der Waals surface area contributed by atoms with Gasteiger partial charge in [-0.15, -0.1) is 0 Å². The molecule has 1 fully saturated rings. The molecule has 0 radical (unpaired) electrons. The lowest BCUT2D eigenvalue weighted by molar-refractivity contribution is 0.0342. The van der Waals surface area contributed by atoms with Crippen LogP contribution in [0.3, 0.4) is 0 Å². The topological polar surface area (TPSA) is 50.5 Å². The van der Waals surface area contributed by atoms with Gasteiger partial charge in [0, 0.05) is 25.3 Å². The lowest BCUT2D eigenvalue weighted by Crippen LogP contribution is -2.35. The highest BCUT2D eigenvalue weighted by Gasteiger charge is 2.10. The Bertz CT molecular complexity index is 743. The molecule has 4 rings (SSSR count). The summed E-state index contributed by atoms with van der Waals surface area (Å²) < 4.78 is 11.1. The van der Waals surface area contributed by atoms with Gasteiger partial charge in [0.25, 0.3) is 6.01 Å². The van der Waals surface area contributed by atoms with Crippen LogP contribution in [0.5, 0.6) is 0 Å². The van der Waals surface area contributed by atoms with Crippen molar-refractivity contribution in [3.63, 3.8) is 0 Å². The minimum atomic E-state index is 0.520. The molecule has 0 bridgehead atoms. The number of benzene rings is 2. The summed E-state index contributed by atoms with van der Waals surface area (Å²) in [6.45, 7) is 4.63. The van der Waals surface area contributed by atoms with E-state index in [0.717, 1.165) is 49.6 Å². The maximum atomic E-state index is 5.68. The zero-order valence-electron chi connectivity index (χ0n) is 12.9. The van der Waals surface area contributed by atoms with Crippen LogP contribution in [0.25, 0.3) is 11.1 Å². The molecule has 1 aromatic heterocycles. The second-order valence-electron chi connectivity index (χ2n) is 5.70. The minimum Gasteiger partial charge on any atom is -0.423 e. The summed E-state index contributed by atoms with van der Waals surface area (Å²) in [5.41, 5.74) is 3.93. The first-order valence-corrected chi connectivity index (χ1v) is 7.88. The number of nitrogens with one attached hydrogen (secondary N) is 1. The molecule has 0 atom stereocenters. The van der Waals surface area contributed by atoms with Crippen molar-refractivity contribution in [2.24, 2.45) is 0 Å². The van der Waals surface area contributed by atoms with Crippen LogP contribution in [-0.4, -0.2) is 36.2 Å². The molecular formula is C18H19N3O2. The van der Waals surface area contributed by atoms with Crippen molar-refractivity contribution in [3.8, 4) is 0 Å². The van der Waals surface area contributed by atoms with Gasteiger partial charge < -0.3 is 14.5 Å². The van der Waals surface area contributed by atoms with Crippen LogP contribution in [0.2, 0.25) is 0 Å². The van der Waals surface area contributed by atoms with Crippen LogP contribution in [0, 0.1) is 0 Å². The number of nitrogens with zero attached hydrogens (tertiary/aromatic N) is 2. The van der Waals surface area contributed by atoms with Gasteiger partial charge in [-0.1, -0.05) is 24.3 Å². The number of oxazole rings is 1. The average molecular weight is 309 g/mol. The van der Waals surface area contributed by atoms with Crippen LogP contribution < -0.4 is 5.32 Å². The Labute approximate surface area is 134 Å². The number of hydrogen-bond acceptors (Lipinski definition) is 5. The molecule has 0 unspecified atom stereocenters. The number of para-hydroxylation sites is 2. The van der Waals surface area contributed by atoms with Gasteiger partial charge in [0.15, 0.2) is 5.58 Å². The molecule has 5 heteroatoms. The SMILES string of the molecule is c1ccc2oc(Nc3ccc(CN4CCOCC4)cc3)nc2c1. The molecule has 2 aromatic carbocycles. The van der Waals surface area contributed by atoms with Gasteiger partial charge in [0.05, 0.1) is 13.2 Å². The van der Waals surface area contributed by atoms with E-state index < -0.39 is 0 Å². The fourth-order valence-electron chi connectivity index (χ4n) is 2.76. The quantitative estimate of drug-likeness (QED) is 0.800. The third kappa shape index (κ3) is 3.36. The van der Waals surface area contributed by atoms with Crippen molar-refractivity contribution >= 4 is 22.8 Å². The first-order chi connectivity index (χ1) is 11.4. The smallest absolute Gasteiger partial charge is 0.300 e. The van der Waals surface area contributed by atoms with E-state index in [1.807, 2.05) is 24.3 Å². The zero-order chi connectivity index (χ0) is 15.5. The van der Waals surface area contributed by atoms with Crippen molar-refractivity contribution in [2.45, 2.75) is 6.54 Å². The van der Waals surface area contributed by atoms with Gasteiger partial charge in [-0.05, 0) is 29.8 Å². The van der Waals surface area contributed by atoms with E-state index in [9.17, 15) is 0 Å². The fraction of sp³-hybridized carbons (Fsp3) is 0.278. The maximum Gasteiger partial charge on any atom is 0.300 e. The van der Waals surface area contributed by atoms with E-state index in [0.29, 0.717) is 6.01 Å². The zero-order valence-corrected chi connectivity index (χ0v) is 12.9. The third-order valence-corrected chi connectivity index (χ3v) is 4.01. The Hall–Kier alpha value is -2.37. The Morgan fingerprint density at radius 3 is 2.57 bits per heavy atom. The Balaban J connectivity index is 1.43. The summed E-state index contributed by atoms with van der Waals surface area (Å²) in [4.78, 5) is 6.83. The highest BCUT2D eigenvalue weighted by Crippen LogP contribution is 2.22. The lowest BCUT2D eigenvalue weighted by atomic mass is 10.2. The standard InChI is InChI=1S/C18H19N3O2/c1-2-4-17-16(3-1)20-18(23-17)19-15-7-5-14(6-8-15)13-21-9-11-22-12-10-21/h1-8H,9-13H2,(H,19,20). The van der Waals surface area contributed by atoms with Crippen molar-refractivity contribution in [1.29, 1.82) is 0 Å². The highest BCUT2D eigenvalue weighted by atomic mass is 16.5. The van der Waals surface area contributed by atoms with E-state index in [1.54, 1.807) is 0 Å². The van der Waals surface area contributed by atoms with Gasteiger partial charge in [-0.2, -0.15) is 4.98 Å². The van der Waals surface area contributed by atoms with Gasteiger partial charge in [-0.25, -0.2) is 0 Å². The Morgan fingerprint density at radius 2 is 1.78 bits per heavy atom. The molecule has 118 valence electrons. The molecule has 0 aliphatic carbocycles. The van der Waals surface area contributed by atoms with Crippen LogP contribution in [0.1, 0.15) is 5.56 Å². The number of hydrogen-bond donors (Lipinski definition) is 1. The van der Waals surface area contributed by atoms with Gasteiger partial charge in [0.1, 0.15) is 5.52 Å². The molecular weight excluding hydrogens is 290 g/mol. The molecule has 0 amide bonds. The van der Waals surface area contributed by atoms with Gasteiger partial charge >= 0.3 is 0 Å². The molecule has 5 nitrogen and oxygen atoms in total. The summed E-state index contributed by atoms with van der Waals surface area (Å²) >= 11 is 0. The van der Waals surface area contributed by atoms with E-state index >= 15 is 0 Å². The number of rotatable bonds is 4. The summed E-state index contributed by atoms with van der Waals surface area (Å²) in [5.74, 6) is 0. The number of morpholine rings is 1. The molecule has 1 aliphatic rings. The predicted molar refractivity (Wildman–Crippen MR) is 89.8 cm³/mol. The molecule has 2 heterocycles. The number of aromatic nitrogens is 1. The van der Waals surface area contributed by atoms with Crippen molar-refractivity contribution in [2.75, 3.05) is 31.6 Å². The second-order valence-corrected chi connectivity index (χ2v) is 5.70. The Kier molecular flexibility index (Phi) is 3.96. The lowest BCUT2D eigenvalue weighted by Gasteiger charge is -2.26. The molecule has 0 saturated carbocycles. The third-order valence-electron chi connectivity index (χ3n) is 4.01. The van der Waals surface area contributed by atoms with Crippen LogP contribution in [-0.2, 0) is 11.3 Å². The van der Waals surface area contributed by atoms with Crippen LogP contribution in [0.4, 0.5) is 11.7 Å². The number of ether oxygens (including phenoxy) is 1. The molecule has 1 N–H and O–H groups in total. The van der Waals surface area contributed by atoms with E-state index in [1.165, 1.54) is 5.56 Å². The minimum absolute atomic E-state index is 0.520. The van der Waals surface area contributed by atoms with E-state index in [-0.39, 0.29) is 0 Å². The molecule has 1 saturated heterocycles. The molecule has 3 aromatic rings. The monoisotopic (exact) mass is 309 g/mol. The van der Waals surface area contributed by atoms with E-state index in [4.69, 9.17) is 9.15 Å². The summed E-state index contributed by atoms with van der Waals surface area (Å²) in [6, 6.07) is 16.7. The first-order valence-electron chi connectivity index (χ1n) is 7.88. The highest BCUT2D eigenvalue weighted by molar-refractivity contribution is 5.75. The molecule has 1 aliphatic heterocycles. The van der Waals surface area contributed by atoms with Gasteiger partial charge in [0.2, 0.25) is 0 Å². The first kappa shape index (κ1) is 14.2.